The average molecular weight is 369 g/mol. The van der Waals surface area contributed by atoms with E-state index in [1.165, 1.54) is 11.8 Å². The van der Waals surface area contributed by atoms with E-state index < -0.39 is 0 Å². The molecule has 1 aromatic heterocycles. The number of carbonyl (C=O) groups is 1. The molecule has 3 aromatic rings. The molecule has 7 heteroatoms. The SMILES string of the molecule is COc1ccc(NC(=O)CSc2nc(C)nc3ccccc23)c(OC)c1. The van der Waals surface area contributed by atoms with Crippen LogP contribution in [0.4, 0.5) is 5.69 Å². The van der Waals surface area contributed by atoms with E-state index in [4.69, 9.17) is 9.47 Å². The molecule has 6 nitrogen and oxygen atoms in total. The number of hydrogen-bond donors (Lipinski definition) is 1. The monoisotopic (exact) mass is 369 g/mol. The molecule has 0 atom stereocenters. The summed E-state index contributed by atoms with van der Waals surface area (Å²) in [4.78, 5) is 21.3. The number of fused-ring (bicyclic) bond motifs is 1. The normalized spacial score (nSPS) is 10.6. The van der Waals surface area contributed by atoms with Crippen molar-refractivity contribution in [1.29, 1.82) is 0 Å². The quantitative estimate of drug-likeness (QED) is 0.528. The zero-order chi connectivity index (χ0) is 18.5. The number of anilines is 1. The van der Waals surface area contributed by atoms with E-state index >= 15 is 0 Å². The number of ether oxygens (including phenoxy) is 2. The molecule has 0 spiro atoms. The third-order valence-electron chi connectivity index (χ3n) is 3.70. The lowest BCUT2D eigenvalue weighted by molar-refractivity contribution is -0.113. The molecule has 0 bridgehead atoms. The highest BCUT2D eigenvalue weighted by molar-refractivity contribution is 8.00. The van der Waals surface area contributed by atoms with Gasteiger partial charge in [-0.3, -0.25) is 4.79 Å². The second-order valence-corrected chi connectivity index (χ2v) is 6.46. The highest BCUT2D eigenvalue weighted by Crippen LogP contribution is 2.30. The van der Waals surface area contributed by atoms with Crippen LogP contribution in [-0.2, 0) is 4.79 Å². The fraction of sp³-hybridized carbons (Fsp3) is 0.211. The van der Waals surface area contributed by atoms with Crippen LogP contribution in [0.2, 0.25) is 0 Å². The lowest BCUT2D eigenvalue weighted by Crippen LogP contribution is -2.15. The van der Waals surface area contributed by atoms with Crippen molar-refractivity contribution in [3.05, 3.63) is 48.3 Å². The van der Waals surface area contributed by atoms with Gasteiger partial charge in [-0.15, -0.1) is 0 Å². The number of aromatic nitrogens is 2. The number of carbonyl (C=O) groups excluding carboxylic acids is 1. The summed E-state index contributed by atoms with van der Waals surface area (Å²) in [6.45, 7) is 1.85. The summed E-state index contributed by atoms with van der Waals surface area (Å²) < 4.78 is 10.5. The van der Waals surface area contributed by atoms with Crippen molar-refractivity contribution in [3.63, 3.8) is 0 Å². The van der Waals surface area contributed by atoms with Gasteiger partial charge in [-0.25, -0.2) is 9.97 Å². The highest BCUT2D eigenvalue weighted by Gasteiger charge is 2.12. The molecular formula is C19H19N3O3S. The molecule has 26 heavy (non-hydrogen) atoms. The summed E-state index contributed by atoms with van der Waals surface area (Å²) in [6, 6.07) is 13.0. The molecule has 3 rings (SSSR count). The molecule has 134 valence electrons. The first-order valence-electron chi connectivity index (χ1n) is 7.99. The molecular weight excluding hydrogens is 350 g/mol. The number of nitrogens with zero attached hydrogens (tertiary/aromatic N) is 2. The van der Waals surface area contributed by atoms with Crippen molar-refractivity contribution in [3.8, 4) is 11.5 Å². The highest BCUT2D eigenvalue weighted by atomic mass is 32.2. The number of nitrogens with one attached hydrogen (secondary N) is 1. The third kappa shape index (κ3) is 4.05. The Morgan fingerprint density at radius 1 is 1.12 bits per heavy atom. The Balaban J connectivity index is 1.72. The van der Waals surface area contributed by atoms with Crippen molar-refractivity contribution >= 4 is 34.3 Å². The number of para-hydroxylation sites is 1. The Labute approximate surface area is 155 Å². The average Bonchev–Trinajstić information content (AvgIpc) is 2.66. The fourth-order valence-electron chi connectivity index (χ4n) is 2.49. The number of rotatable bonds is 6. The lowest BCUT2D eigenvalue weighted by Gasteiger charge is -2.12. The summed E-state index contributed by atoms with van der Waals surface area (Å²) in [5.41, 5.74) is 1.47. The standard InChI is InChI=1S/C19H19N3O3S/c1-12-20-15-7-5-4-6-14(15)19(21-12)26-11-18(23)22-16-9-8-13(24-2)10-17(16)25-3/h4-10H,11H2,1-3H3,(H,22,23). The minimum Gasteiger partial charge on any atom is -0.497 e. The van der Waals surface area contributed by atoms with Gasteiger partial charge < -0.3 is 14.8 Å². The first kappa shape index (κ1) is 18.0. The van der Waals surface area contributed by atoms with Crippen LogP contribution in [0, 0.1) is 6.92 Å². The van der Waals surface area contributed by atoms with Gasteiger partial charge in [0.25, 0.3) is 0 Å². The van der Waals surface area contributed by atoms with Crippen LogP contribution in [-0.4, -0.2) is 35.8 Å². The predicted molar refractivity (Wildman–Crippen MR) is 103 cm³/mol. The maximum absolute atomic E-state index is 12.4. The van der Waals surface area contributed by atoms with Gasteiger partial charge >= 0.3 is 0 Å². The predicted octanol–water partition coefficient (Wildman–Crippen LogP) is 3.69. The van der Waals surface area contributed by atoms with E-state index in [0.717, 1.165) is 15.9 Å². The second-order valence-electron chi connectivity index (χ2n) is 5.50. The second kappa shape index (κ2) is 8.05. The van der Waals surface area contributed by atoms with E-state index in [2.05, 4.69) is 15.3 Å². The molecule has 0 aliphatic heterocycles. The number of hydrogen-bond acceptors (Lipinski definition) is 6. The number of amides is 1. The minimum absolute atomic E-state index is 0.140. The Morgan fingerprint density at radius 2 is 1.92 bits per heavy atom. The van der Waals surface area contributed by atoms with Gasteiger partial charge in [0.2, 0.25) is 5.91 Å². The maximum Gasteiger partial charge on any atom is 0.234 e. The topological polar surface area (TPSA) is 73.3 Å². The molecule has 1 N–H and O–H groups in total. The van der Waals surface area contributed by atoms with Crippen LogP contribution in [0.15, 0.2) is 47.5 Å². The number of methoxy groups -OCH3 is 2. The minimum atomic E-state index is -0.140. The molecule has 1 amide bonds. The Bertz CT molecular complexity index is 946. The zero-order valence-corrected chi connectivity index (χ0v) is 15.6. The van der Waals surface area contributed by atoms with E-state index in [1.807, 2.05) is 31.2 Å². The van der Waals surface area contributed by atoms with Gasteiger partial charge in [0.05, 0.1) is 31.2 Å². The number of aryl methyl sites for hydroxylation is 1. The van der Waals surface area contributed by atoms with Crippen molar-refractivity contribution in [2.45, 2.75) is 11.9 Å². The molecule has 0 fully saturated rings. The first-order valence-corrected chi connectivity index (χ1v) is 8.97. The fourth-order valence-corrected chi connectivity index (χ4v) is 3.36. The molecule has 0 aliphatic rings. The number of thioether (sulfide) groups is 1. The van der Waals surface area contributed by atoms with Crippen molar-refractivity contribution in [1.82, 2.24) is 9.97 Å². The zero-order valence-electron chi connectivity index (χ0n) is 14.8. The van der Waals surface area contributed by atoms with Gasteiger partial charge in [-0.05, 0) is 25.1 Å². The molecule has 0 aliphatic carbocycles. The number of benzene rings is 2. The molecule has 0 saturated carbocycles. The van der Waals surface area contributed by atoms with E-state index in [0.29, 0.717) is 23.0 Å². The van der Waals surface area contributed by atoms with E-state index in [1.54, 1.807) is 32.4 Å². The lowest BCUT2D eigenvalue weighted by atomic mass is 10.2. The summed E-state index contributed by atoms with van der Waals surface area (Å²) in [6.07, 6.45) is 0. The first-order chi connectivity index (χ1) is 12.6. The molecule has 0 saturated heterocycles. The van der Waals surface area contributed by atoms with Crippen LogP contribution in [0.25, 0.3) is 10.9 Å². The molecule has 2 aromatic carbocycles. The van der Waals surface area contributed by atoms with Crippen LogP contribution in [0.5, 0.6) is 11.5 Å². The Hall–Kier alpha value is -2.80. The molecule has 0 unspecified atom stereocenters. The summed E-state index contributed by atoms with van der Waals surface area (Å²) >= 11 is 1.38. The van der Waals surface area contributed by atoms with Crippen LogP contribution in [0.3, 0.4) is 0 Å². The van der Waals surface area contributed by atoms with Crippen LogP contribution >= 0.6 is 11.8 Å². The van der Waals surface area contributed by atoms with Crippen LogP contribution in [0.1, 0.15) is 5.82 Å². The third-order valence-corrected chi connectivity index (χ3v) is 4.69. The Kier molecular flexibility index (Phi) is 5.58. The van der Waals surface area contributed by atoms with Crippen molar-refractivity contribution in [2.75, 3.05) is 25.3 Å². The van der Waals surface area contributed by atoms with Gasteiger partial charge in [0, 0.05) is 11.5 Å². The Morgan fingerprint density at radius 3 is 2.69 bits per heavy atom. The van der Waals surface area contributed by atoms with E-state index in [-0.39, 0.29) is 11.7 Å². The van der Waals surface area contributed by atoms with Gasteiger partial charge in [-0.2, -0.15) is 0 Å². The molecule has 0 radical (unpaired) electrons. The maximum atomic E-state index is 12.4. The summed E-state index contributed by atoms with van der Waals surface area (Å²) in [5, 5.41) is 4.60. The summed E-state index contributed by atoms with van der Waals surface area (Å²) in [5.74, 6) is 1.99. The van der Waals surface area contributed by atoms with Gasteiger partial charge in [-0.1, -0.05) is 30.0 Å². The van der Waals surface area contributed by atoms with Crippen LogP contribution < -0.4 is 14.8 Å². The smallest absolute Gasteiger partial charge is 0.234 e. The van der Waals surface area contributed by atoms with Gasteiger partial charge in [0.1, 0.15) is 22.3 Å². The van der Waals surface area contributed by atoms with E-state index in [9.17, 15) is 4.79 Å². The van der Waals surface area contributed by atoms with Crippen molar-refractivity contribution in [2.24, 2.45) is 0 Å². The van der Waals surface area contributed by atoms with Crippen molar-refractivity contribution < 1.29 is 14.3 Å². The largest absolute Gasteiger partial charge is 0.497 e. The molecule has 1 heterocycles. The summed E-state index contributed by atoms with van der Waals surface area (Å²) in [7, 11) is 3.13. The van der Waals surface area contributed by atoms with Gasteiger partial charge in [0.15, 0.2) is 0 Å².